The molecule has 160 valence electrons. The van der Waals surface area contributed by atoms with Crippen molar-refractivity contribution in [2.24, 2.45) is 5.16 Å². The van der Waals surface area contributed by atoms with Crippen LogP contribution in [-0.2, 0) is 11.3 Å². The van der Waals surface area contributed by atoms with Crippen LogP contribution in [0, 0.1) is 33.5 Å². The largest absolute Gasteiger partial charge is 0.434 e. The Morgan fingerprint density at radius 2 is 1.84 bits per heavy atom. The van der Waals surface area contributed by atoms with E-state index in [1.165, 1.54) is 16.7 Å². The third-order valence-corrected chi connectivity index (χ3v) is 5.04. The first kappa shape index (κ1) is 20.8. The van der Waals surface area contributed by atoms with E-state index in [2.05, 4.69) is 52.7 Å². The maximum atomic E-state index is 14.5. The first-order valence-corrected chi connectivity index (χ1v) is 10.2. The summed E-state index contributed by atoms with van der Waals surface area (Å²) in [6.45, 7) is 8.13. The van der Waals surface area contributed by atoms with Crippen LogP contribution in [0.1, 0.15) is 33.5 Å². The number of hydrogen-bond donors (Lipinski definition) is 1. The molecule has 2 heterocycles. The van der Waals surface area contributed by atoms with Crippen molar-refractivity contribution in [3.63, 3.8) is 0 Å². The molecule has 4 rings (SSSR count). The number of aryl methyl sites for hydroxylation is 4. The molecule has 0 unspecified atom stereocenters. The van der Waals surface area contributed by atoms with Gasteiger partial charge in [0.1, 0.15) is 6.61 Å². The Morgan fingerprint density at radius 1 is 1.06 bits per heavy atom. The molecule has 0 bridgehead atoms. The lowest BCUT2D eigenvalue weighted by Gasteiger charge is -2.25. The average molecular weight is 420 g/mol. The van der Waals surface area contributed by atoms with Gasteiger partial charge in [-0.3, -0.25) is 0 Å². The minimum atomic E-state index is -0.432. The van der Waals surface area contributed by atoms with Crippen LogP contribution in [0.5, 0.6) is 11.6 Å². The summed E-state index contributed by atoms with van der Waals surface area (Å²) in [5.74, 6) is 0.306. The molecule has 31 heavy (non-hydrogen) atoms. The molecule has 0 saturated carbocycles. The van der Waals surface area contributed by atoms with Crippen molar-refractivity contribution in [2.45, 2.75) is 40.2 Å². The quantitative estimate of drug-likeness (QED) is 0.657. The Hall–Kier alpha value is -3.48. The second-order valence-electron chi connectivity index (χ2n) is 7.97. The van der Waals surface area contributed by atoms with Crippen LogP contribution in [0.2, 0.25) is 0 Å². The van der Waals surface area contributed by atoms with E-state index in [0.29, 0.717) is 29.3 Å². The maximum Gasteiger partial charge on any atom is 0.250 e. The molecule has 0 spiro atoms. The molecule has 1 N–H and O–H groups in total. The van der Waals surface area contributed by atoms with E-state index in [-0.39, 0.29) is 17.7 Å². The number of rotatable bonds is 5. The average Bonchev–Trinajstić information content (AvgIpc) is 2.72. The lowest BCUT2D eigenvalue weighted by molar-refractivity contribution is 0.109. The first-order chi connectivity index (χ1) is 14.9. The van der Waals surface area contributed by atoms with E-state index in [1.54, 1.807) is 31.2 Å². The van der Waals surface area contributed by atoms with E-state index in [0.717, 1.165) is 6.42 Å². The monoisotopic (exact) mass is 420 g/mol. The van der Waals surface area contributed by atoms with Gasteiger partial charge in [0, 0.05) is 0 Å². The molecule has 3 aromatic rings. The van der Waals surface area contributed by atoms with Gasteiger partial charge >= 0.3 is 0 Å². The second-order valence-corrected chi connectivity index (χ2v) is 7.97. The summed E-state index contributed by atoms with van der Waals surface area (Å²) >= 11 is 0. The third kappa shape index (κ3) is 4.82. The van der Waals surface area contributed by atoms with Gasteiger partial charge < -0.3 is 14.9 Å². The molecular formula is C24H25FN4O2. The maximum absolute atomic E-state index is 14.5. The normalized spacial score (nSPS) is 15.6. The number of halogens is 1. The van der Waals surface area contributed by atoms with Crippen LogP contribution >= 0.6 is 0 Å². The third-order valence-electron chi connectivity index (χ3n) is 5.04. The molecule has 1 atom stereocenters. The van der Waals surface area contributed by atoms with Gasteiger partial charge in [-0.25, -0.2) is 4.39 Å². The number of oxime groups is 1. The first-order valence-electron chi connectivity index (χ1n) is 10.2. The summed E-state index contributed by atoms with van der Waals surface area (Å²) in [6.07, 6.45) is 0.779. The molecule has 0 fully saturated rings. The number of nitrogens with one attached hydrogen (secondary N) is 1. The Kier molecular flexibility index (Phi) is 5.84. The van der Waals surface area contributed by atoms with Crippen LogP contribution in [0.4, 0.5) is 4.39 Å². The van der Waals surface area contributed by atoms with Gasteiger partial charge in [-0.2, -0.15) is 5.10 Å². The Bertz CT molecular complexity index is 1130. The molecule has 1 aliphatic rings. The topological polar surface area (TPSA) is 68.6 Å². The van der Waals surface area contributed by atoms with Crippen molar-refractivity contribution >= 4 is 5.84 Å². The van der Waals surface area contributed by atoms with E-state index in [4.69, 9.17) is 9.57 Å². The van der Waals surface area contributed by atoms with Crippen molar-refractivity contribution in [1.29, 1.82) is 0 Å². The summed E-state index contributed by atoms with van der Waals surface area (Å²) in [6, 6.07) is 13.3. The summed E-state index contributed by atoms with van der Waals surface area (Å²) in [5, 5.41) is 15.8. The van der Waals surface area contributed by atoms with Gasteiger partial charge in [0.05, 0.1) is 17.3 Å². The number of hydrogen-bond acceptors (Lipinski definition) is 6. The highest BCUT2D eigenvalue weighted by Gasteiger charge is 2.24. The minimum Gasteiger partial charge on any atom is -0.434 e. The fourth-order valence-corrected chi connectivity index (χ4v) is 3.69. The highest BCUT2D eigenvalue weighted by Crippen LogP contribution is 2.28. The van der Waals surface area contributed by atoms with Gasteiger partial charge in [-0.1, -0.05) is 46.6 Å². The van der Waals surface area contributed by atoms with Crippen molar-refractivity contribution in [3.05, 3.63) is 81.8 Å². The predicted molar refractivity (Wildman–Crippen MR) is 117 cm³/mol. The fourth-order valence-electron chi connectivity index (χ4n) is 3.69. The molecule has 1 aromatic heterocycles. The van der Waals surface area contributed by atoms with E-state index in [9.17, 15) is 4.39 Å². The number of benzene rings is 2. The van der Waals surface area contributed by atoms with E-state index in [1.807, 2.05) is 6.92 Å². The Morgan fingerprint density at radius 3 is 2.61 bits per heavy atom. The molecule has 7 heteroatoms. The highest BCUT2D eigenvalue weighted by atomic mass is 19.1. The van der Waals surface area contributed by atoms with Crippen LogP contribution in [0.3, 0.4) is 0 Å². The molecule has 6 nitrogen and oxygen atoms in total. The Labute approximate surface area is 181 Å². The van der Waals surface area contributed by atoms with Crippen molar-refractivity contribution < 1.29 is 14.0 Å². The van der Waals surface area contributed by atoms with Gasteiger partial charge in [-0.05, 0) is 57.4 Å². The lowest BCUT2D eigenvalue weighted by Crippen LogP contribution is -2.43. The van der Waals surface area contributed by atoms with Gasteiger partial charge in [0.25, 0.3) is 0 Å². The SMILES string of the molecule is Cc1cc(C)cc(C[C@@H]2CON=C(c3cc(C)nnc3Oc3cccc(C)c3F)N2)c1. The standard InChI is InChI=1S/C24H25FN4O2/c1-14-8-15(2)10-18(9-14)12-19-13-30-29-23(26-19)20-11-17(4)27-28-24(20)31-21-7-5-6-16(3)22(21)25/h5-11,19H,12-13H2,1-4H3,(H,26,29)/t19-/m1/s1. The smallest absolute Gasteiger partial charge is 0.250 e. The van der Waals surface area contributed by atoms with Crippen molar-refractivity contribution in [2.75, 3.05) is 6.61 Å². The van der Waals surface area contributed by atoms with E-state index < -0.39 is 5.82 Å². The number of nitrogens with zero attached hydrogens (tertiary/aromatic N) is 3. The zero-order chi connectivity index (χ0) is 22.0. The second kappa shape index (κ2) is 8.71. The molecular weight excluding hydrogens is 395 g/mol. The van der Waals surface area contributed by atoms with Crippen LogP contribution in [0.15, 0.2) is 47.6 Å². The summed E-state index contributed by atoms with van der Waals surface area (Å²) in [7, 11) is 0. The molecule has 2 aromatic carbocycles. The molecule has 1 aliphatic heterocycles. The zero-order valence-corrected chi connectivity index (χ0v) is 18.1. The van der Waals surface area contributed by atoms with Crippen LogP contribution in [0.25, 0.3) is 0 Å². The molecule has 0 amide bonds. The number of ether oxygens (including phenoxy) is 1. The number of aromatic nitrogens is 2. The van der Waals surface area contributed by atoms with Gasteiger partial charge in [0.2, 0.25) is 5.88 Å². The zero-order valence-electron chi connectivity index (χ0n) is 18.1. The van der Waals surface area contributed by atoms with Crippen LogP contribution < -0.4 is 10.1 Å². The predicted octanol–water partition coefficient (Wildman–Crippen LogP) is 4.53. The fraction of sp³-hybridized carbons (Fsp3) is 0.292. The molecule has 0 saturated heterocycles. The van der Waals surface area contributed by atoms with Gasteiger partial charge in [-0.15, -0.1) is 5.10 Å². The van der Waals surface area contributed by atoms with Crippen LogP contribution in [-0.4, -0.2) is 28.7 Å². The molecule has 0 radical (unpaired) electrons. The Balaban J connectivity index is 1.59. The minimum absolute atomic E-state index is 0.0192. The summed E-state index contributed by atoms with van der Waals surface area (Å²) in [4.78, 5) is 5.52. The summed E-state index contributed by atoms with van der Waals surface area (Å²) < 4.78 is 20.3. The number of amidine groups is 1. The summed E-state index contributed by atoms with van der Waals surface area (Å²) in [5.41, 5.74) is 5.42. The van der Waals surface area contributed by atoms with Crippen molar-refractivity contribution in [3.8, 4) is 11.6 Å². The molecule has 0 aliphatic carbocycles. The van der Waals surface area contributed by atoms with Gasteiger partial charge in [0.15, 0.2) is 17.4 Å². The highest BCUT2D eigenvalue weighted by molar-refractivity contribution is 6.00. The van der Waals surface area contributed by atoms with E-state index >= 15 is 0 Å². The van der Waals surface area contributed by atoms with Crippen molar-refractivity contribution in [1.82, 2.24) is 15.5 Å². The lowest BCUT2D eigenvalue weighted by atomic mass is 10.0.